The van der Waals surface area contributed by atoms with Crippen LogP contribution in [0.1, 0.15) is 20.8 Å². The van der Waals surface area contributed by atoms with Gasteiger partial charge in [0.1, 0.15) is 6.54 Å². The molecule has 1 unspecified atom stereocenters. The van der Waals surface area contributed by atoms with Gasteiger partial charge >= 0.3 is 0 Å². The van der Waals surface area contributed by atoms with Gasteiger partial charge in [0.2, 0.25) is 5.91 Å². The highest BCUT2D eigenvalue weighted by atomic mass is 16.2. The molecule has 0 aromatic carbocycles. The van der Waals surface area contributed by atoms with E-state index < -0.39 is 0 Å². The van der Waals surface area contributed by atoms with Gasteiger partial charge in [-0.1, -0.05) is 13.8 Å². The molecule has 0 aliphatic carbocycles. The lowest BCUT2D eigenvalue weighted by Gasteiger charge is -2.17. The number of nitrogen functional groups attached to an aromatic ring is 1. The number of aromatic nitrogens is 2. The summed E-state index contributed by atoms with van der Waals surface area (Å²) in [4.78, 5) is 23.1. The number of hydrogen-bond donors (Lipinski definition) is 2. The first kappa shape index (κ1) is 13.2. The summed E-state index contributed by atoms with van der Waals surface area (Å²) in [5, 5.41) is 6.59. The maximum Gasteiger partial charge on any atom is 0.269 e. The van der Waals surface area contributed by atoms with E-state index in [1.807, 2.05) is 20.8 Å². The Bertz CT molecular complexity index is 453. The molecule has 1 aromatic heterocycles. The van der Waals surface area contributed by atoms with E-state index in [-0.39, 0.29) is 24.1 Å². The van der Waals surface area contributed by atoms with Gasteiger partial charge in [-0.15, -0.1) is 0 Å². The van der Waals surface area contributed by atoms with Gasteiger partial charge in [-0.2, -0.15) is 5.10 Å². The number of amides is 1. The Labute approximate surface area is 99.8 Å². The highest BCUT2D eigenvalue weighted by molar-refractivity contribution is 5.75. The number of rotatable bonds is 4. The van der Waals surface area contributed by atoms with Crippen LogP contribution in [-0.2, 0) is 11.3 Å². The van der Waals surface area contributed by atoms with Crippen molar-refractivity contribution in [3.05, 3.63) is 22.6 Å². The smallest absolute Gasteiger partial charge is 0.269 e. The second-order valence-corrected chi connectivity index (χ2v) is 4.38. The van der Waals surface area contributed by atoms with Crippen LogP contribution >= 0.6 is 0 Å². The number of nitrogens with zero attached hydrogens (tertiary/aromatic N) is 2. The molecular formula is C11H18N4O2. The maximum atomic E-state index is 11.6. The number of carbonyl (C=O) groups is 1. The van der Waals surface area contributed by atoms with E-state index in [9.17, 15) is 9.59 Å². The van der Waals surface area contributed by atoms with E-state index in [1.54, 1.807) is 0 Å². The zero-order chi connectivity index (χ0) is 13.0. The van der Waals surface area contributed by atoms with Crippen LogP contribution in [0.15, 0.2) is 17.1 Å². The van der Waals surface area contributed by atoms with Gasteiger partial charge in [0.25, 0.3) is 5.56 Å². The number of anilines is 1. The van der Waals surface area contributed by atoms with Crippen molar-refractivity contribution < 1.29 is 4.79 Å². The minimum absolute atomic E-state index is 0.0620. The van der Waals surface area contributed by atoms with Crippen LogP contribution < -0.4 is 16.6 Å². The van der Waals surface area contributed by atoms with E-state index in [4.69, 9.17) is 5.73 Å². The first-order chi connectivity index (χ1) is 7.90. The summed E-state index contributed by atoms with van der Waals surface area (Å²) in [6.07, 6.45) is 1.35. The standard InChI is InChI=1S/C11H18N4O2/c1-7(2)8(3)14-10(16)6-15-11(17)4-9(12)5-13-15/h4-5,7-8H,6,12H2,1-3H3,(H,14,16). The normalized spacial score (nSPS) is 12.5. The molecule has 1 amide bonds. The Morgan fingerprint density at radius 2 is 2.18 bits per heavy atom. The second-order valence-electron chi connectivity index (χ2n) is 4.38. The molecule has 0 spiro atoms. The van der Waals surface area contributed by atoms with Crippen molar-refractivity contribution in [2.75, 3.05) is 5.73 Å². The van der Waals surface area contributed by atoms with Crippen molar-refractivity contribution in [2.24, 2.45) is 5.92 Å². The molecule has 0 saturated carbocycles. The zero-order valence-electron chi connectivity index (χ0n) is 10.3. The fourth-order valence-corrected chi connectivity index (χ4v) is 1.17. The van der Waals surface area contributed by atoms with Gasteiger partial charge < -0.3 is 11.1 Å². The van der Waals surface area contributed by atoms with Gasteiger partial charge in [-0.3, -0.25) is 9.59 Å². The Morgan fingerprint density at radius 3 is 2.71 bits per heavy atom. The summed E-state index contributed by atoms with van der Waals surface area (Å²) in [7, 11) is 0. The second kappa shape index (κ2) is 5.47. The van der Waals surface area contributed by atoms with Gasteiger partial charge in [-0.25, -0.2) is 4.68 Å². The summed E-state index contributed by atoms with van der Waals surface area (Å²) in [6, 6.07) is 1.30. The zero-order valence-corrected chi connectivity index (χ0v) is 10.3. The summed E-state index contributed by atoms with van der Waals surface area (Å²) >= 11 is 0. The number of carbonyl (C=O) groups excluding carboxylic acids is 1. The number of nitrogens with one attached hydrogen (secondary N) is 1. The Morgan fingerprint density at radius 1 is 1.53 bits per heavy atom. The molecule has 0 radical (unpaired) electrons. The van der Waals surface area contributed by atoms with E-state index >= 15 is 0 Å². The predicted octanol–water partition coefficient (Wildman–Crippen LogP) is -0.0138. The molecule has 6 nitrogen and oxygen atoms in total. The first-order valence-corrected chi connectivity index (χ1v) is 5.52. The summed E-state index contributed by atoms with van der Waals surface area (Å²) < 4.78 is 1.08. The molecule has 0 fully saturated rings. The van der Waals surface area contributed by atoms with Crippen molar-refractivity contribution in [2.45, 2.75) is 33.4 Å². The molecule has 94 valence electrons. The lowest BCUT2D eigenvalue weighted by Crippen LogP contribution is -2.40. The van der Waals surface area contributed by atoms with Crippen molar-refractivity contribution in [1.29, 1.82) is 0 Å². The number of nitrogens with two attached hydrogens (primary N) is 1. The van der Waals surface area contributed by atoms with Gasteiger partial charge in [0.05, 0.1) is 11.9 Å². The molecule has 0 aliphatic heterocycles. The SMILES string of the molecule is CC(C)C(C)NC(=O)Cn1ncc(N)cc1=O. The average Bonchev–Trinajstić information content (AvgIpc) is 2.22. The predicted molar refractivity (Wildman–Crippen MR) is 65.4 cm³/mol. The molecule has 17 heavy (non-hydrogen) atoms. The summed E-state index contributed by atoms with van der Waals surface area (Å²) in [5.41, 5.74) is 5.32. The fourth-order valence-electron chi connectivity index (χ4n) is 1.17. The third-order valence-electron chi connectivity index (χ3n) is 2.57. The minimum Gasteiger partial charge on any atom is -0.397 e. The molecule has 1 aromatic rings. The van der Waals surface area contributed by atoms with Crippen molar-refractivity contribution in [1.82, 2.24) is 15.1 Å². The van der Waals surface area contributed by atoms with Crippen LogP contribution in [0.5, 0.6) is 0 Å². The Kier molecular flexibility index (Phi) is 4.25. The molecule has 3 N–H and O–H groups in total. The van der Waals surface area contributed by atoms with Crippen molar-refractivity contribution in [3.63, 3.8) is 0 Å². The van der Waals surface area contributed by atoms with Crippen LogP contribution in [-0.4, -0.2) is 21.7 Å². The lowest BCUT2D eigenvalue weighted by molar-refractivity contribution is -0.122. The molecule has 0 bridgehead atoms. The van der Waals surface area contributed by atoms with Gasteiger partial charge in [0, 0.05) is 12.1 Å². The highest BCUT2D eigenvalue weighted by Gasteiger charge is 2.11. The summed E-state index contributed by atoms with van der Waals surface area (Å²) in [6.45, 7) is 5.86. The largest absolute Gasteiger partial charge is 0.397 e. The van der Waals surface area contributed by atoms with Gasteiger partial charge in [-0.05, 0) is 12.8 Å². The van der Waals surface area contributed by atoms with Crippen LogP contribution in [0.2, 0.25) is 0 Å². The molecule has 1 heterocycles. The monoisotopic (exact) mass is 238 g/mol. The first-order valence-electron chi connectivity index (χ1n) is 5.52. The van der Waals surface area contributed by atoms with Crippen molar-refractivity contribution in [3.8, 4) is 0 Å². The molecule has 1 rings (SSSR count). The van der Waals surface area contributed by atoms with Crippen LogP contribution in [0.25, 0.3) is 0 Å². The minimum atomic E-state index is -0.377. The quantitative estimate of drug-likeness (QED) is 0.771. The van der Waals surface area contributed by atoms with Crippen molar-refractivity contribution >= 4 is 11.6 Å². The molecule has 1 atom stereocenters. The van der Waals surface area contributed by atoms with Crippen LogP contribution in [0.4, 0.5) is 5.69 Å². The van der Waals surface area contributed by atoms with Gasteiger partial charge in [0.15, 0.2) is 0 Å². The molecule has 0 saturated heterocycles. The van der Waals surface area contributed by atoms with E-state index in [2.05, 4.69) is 10.4 Å². The molecule has 0 aliphatic rings. The maximum absolute atomic E-state index is 11.6. The Hall–Kier alpha value is -1.85. The third-order valence-corrected chi connectivity index (χ3v) is 2.57. The van der Waals surface area contributed by atoms with Crippen LogP contribution in [0.3, 0.4) is 0 Å². The number of hydrogen-bond acceptors (Lipinski definition) is 4. The van der Waals surface area contributed by atoms with E-state index in [1.165, 1.54) is 12.3 Å². The fraction of sp³-hybridized carbons (Fsp3) is 0.545. The Balaban J connectivity index is 2.66. The summed E-state index contributed by atoms with van der Waals surface area (Å²) in [5.74, 6) is 0.112. The lowest BCUT2D eigenvalue weighted by atomic mass is 10.1. The molecular weight excluding hydrogens is 220 g/mol. The molecule has 6 heteroatoms. The van der Waals surface area contributed by atoms with E-state index in [0.29, 0.717) is 11.6 Å². The highest BCUT2D eigenvalue weighted by Crippen LogP contribution is 1.99. The topological polar surface area (TPSA) is 90.0 Å². The van der Waals surface area contributed by atoms with E-state index in [0.717, 1.165) is 4.68 Å². The third kappa shape index (κ3) is 3.90. The van der Waals surface area contributed by atoms with Crippen LogP contribution in [0, 0.1) is 5.92 Å². The average molecular weight is 238 g/mol.